The molecule has 3 rings (SSSR count). The summed E-state index contributed by atoms with van der Waals surface area (Å²) in [5, 5.41) is 3.49. The van der Waals surface area contributed by atoms with Crippen LogP contribution in [-0.4, -0.2) is 43.4 Å². The van der Waals surface area contributed by atoms with E-state index in [2.05, 4.69) is 10.0 Å². The van der Waals surface area contributed by atoms with Gasteiger partial charge in [-0.3, -0.25) is 0 Å². The summed E-state index contributed by atoms with van der Waals surface area (Å²) in [4.78, 5) is 0. The quantitative estimate of drug-likeness (QED) is 0.750. The van der Waals surface area contributed by atoms with Gasteiger partial charge in [0.15, 0.2) is 0 Å². The van der Waals surface area contributed by atoms with Crippen LogP contribution in [0.15, 0.2) is 0 Å². The molecule has 2 N–H and O–H groups in total. The van der Waals surface area contributed by atoms with Crippen LogP contribution in [0, 0.1) is 5.92 Å². The van der Waals surface area contributed by atoms with Crippen molar-refractivity contribution in [1.29, 1.82) is 0 Å². The molecule has 122 valence electrons. The molecule has 0 bridgehead atoms. The molecule has 0 radical (unpaired) electrons. The van der Waals surface area contributed by atoms with E-state index in [1.54, 1.807) is 4.31 Å². The van der Waals surface area contributed by atoms with Gasteiger partial charge < -0.3 is 5.32 Å². The second kappa shape index (κ2) is 5.80. The Morgan fingerprint density at radius 2 is 1.81 bits per heavy atom. The summed E-state index contributed by atoms with van der Waals surface area (Å²) in [5.41, 5.74) is -0.315. The summed E-state index contributed by atoms with van der Waals surface area (Å²) in [6, 6.07) is 0.749. The number of nitrogens with zero attached hydrogens (tertiary/aromatic N) is 1. The van der Waals surface area contributed by atoms with E-state index in [4.69, 9.17) is 0 Å². The van der Waals surface area contributed by atoms with Gasteiger partial charge in [-0.1, -0.05) is 6.42 Å². The van der Waals surface area contributed by atoms with E-state index in [-0.39, 0.29) is 11.6 Å². The van der Waals surface area contributed by atoms with Gasteiger partial charge in [0.25, 0.3) is 10.2 Å². The monoisotopic (exact) mass is 315 g/mol. The predicted molar refractivity (Wildman–Crippen MR) is 84.2 cm³/mol. The number of hydrogen-bond donors (Lipinski definition) is 2. The Balaban J connectivity index is 1.65. The largest absolute Gasteiger partial charge is 0.312 e. The smallest absolute Gasteiger partial charge is 0.280 e. The molecule has 0 aromatic heterocycles. The van der Waals surface area contributed by atoms with E-state index >= 15 is 0 Å². The van der Waals surface area contributed by atoms with Crippen molar-refractivity contribution in [2.45, 2.75) is 76.4 Å². The number of nitrogens with one attached hydrogen (secondary N) is 2. The average molecular weight is 315 g/mol. The van der Waals surface area contributed by atoms with Crippen molar-refractivity contribution < 1.29 is 8.42 Å². The Bertz CT molecular complexity index is 469. The minimum atomic E-state index is -3.38. The van der Waals surface area contributed by atoms with E-state index < -0.39 is 10.2 Å². The average Bonchev–Trinajstić information content (AvgIpc) is 3.28. The molecule has 1 saturated heterocycles. The summed E-state index contributed by atoms with van der Waals surface area (Å²) in [6.45, 7) is 5.50. The first-order valence-corrected chi connectivity index (χ1v) is 9.86. The fourth-order valence-electron chi connectivity index (χ4n) is 3.36. The highest BCUT2D eigenvalue weighted by atomic mass is 32.2. The van der Waals surface area contributed by atoms with Gasteiger partial charge in [-0.2, -0.15) is 17.4 Å². The van der Waals surface area contributed by atoms with Gasteiger partial charge in [-0.15, -0.1) is 0 Å². The van der Waals surface area contributed by atoms with Gasteiger partial charge in [-0.25, -0.2) is 0 Å². The molecule has 3 aliphatic rings. The van der Waals surface area contributed by atoms with Crippen LogP contribution in [0.2, 0.25) is 0 Å². The summed E-state index contributed by atoms with van der Waals surface area (Å²) in [7, 11) is -3.38. The van der Waals surface area contributed by atoms with Crippen molar-refractivity contribution in [3.8, 4) is 0 Å². The Kier molecular flexibility index (Phi) is 4.34. The molecule has 1 aliphatic heterocycles. The van der Waals surface area contributed by atoms with E-state index in [1.165, 1.54) is 12.8 Å². The lowest BCUT2D eigenvalue weighted by molar-refractivity contribution is 0.236. The molecule has 1 unspecified atom stereocenters. The zero-order valence-electron chi connectivity index (χ0n) is 13.3. The van der Waals surface area contributed by atoms with E-state index in [9.17, 15) is 8.42 Å². The maximum atomic E-state index is 12.8. The van der Waals surface area contributed by atoms with Gasteiger partial charge >= 0.3 is 0 Å². The van der Waals surface area contributed by atoms with Crippen molar-refractivity contribution >= 4 is 10.2 Å². The second-order valence-corrected chi connectivity index (χ2v) is 9.17. The Morgan fingerprint density at radius 3 is 2.43 bits per heavy atom. The minimum absolute atomic E-state index is 0.117. The molecule has 0 aromatic rings. The number of rotatable bonds is 7. The number of hydrogen-bond acceptors (Lipinski definition) is 3. The van der Waals surface area contributed by atoms with Gasteiger partial charge in [0.1, 0.15) is 0 Å². The lowest BCUT2D eigenvalue weighted by Gasteiger charge is -2.37. The standard InChI is InChI=1S/C15H29N3O2S/c1-15(2,12-6-7-12)17-21(19,20)18-10-4-3-5-14(18)11-16-13-8-9-13/h12-14,16-17H,3-11H2,1-2H3. The molecular weight excluding hydrogens is 286 g/mol. The van der Waals surface area contributed by atoms with Crippen molar-refractivity contribution in [3.63, 3.8) is 0 Å². The van der Waals surface area contributed by atoms with Crippen LogP contribution < -0.4 is 10.0 Å². The third kappa shape index (κ3) is 3.97. The third-order valence-corrected chi connectivity index (χ3v) is 6.97. The first-order chi connectivity index (χ1) is 9.88. The normalized spacial score (nSPS) is 28.8. The molecule has 6 heteroatoms. The third-order valence-electron chi connectivity index (χ3n) is 5.09. The zero-order chi connectivity index (χ0) is 15.1. The van der Waals surface area contributed by atoms with Crippen LogP contribution >= 0.6 is 0 Å². The second-order valence-electron chi connectivity index (χ2n) is 7.55. The molecule has 0 amide bonds. The Morgan fingerprint density at radius 1 is 1.10 bits per heavy atom. The Labute approximate surface area is 129 Å². The molecule has 2 aliphatic carbocycles. The summed E-state index contributed by atoms with van der Waals surface area (Å²) < 4.78 is 30.3. The molecule has 1 atom stereocenters. The van der Waals surface area contributed by atoms with Gasteiger partial charge in [0, 0.05) is 30.7 Å². The van der Waals surface area contributed by atoms with Crippen LogP contribution in [0.3, 0.4) is 0 Å². The highest BCUT2D eigenvalue weighted by Crippen LogP contribution is 2.40. The van der Waals surface area contributed by atoms with Crippen molar-refractivity contribution in [2.75, 3.05) is 13.1 Å². The summed E-state index contributed by atoms with van der Waals surface area (Å²) >= 11 is 0. The van der Waals surface area contributed by atoms with Crippen molar-refractivity contribution in [3.05, 3.63) is 0 Å². The summed E-state index contributed by atoms with van der Waals surface area (Å²) in [6.07, 6.45) is 7.85. The molecule has 21 heavy (non-hydrogen) atoms. The van der Waals surface area contributed by atoms with Gasteiger partial charge in [0.2, 0.25) is 0 Å². The van der Waals surface area contributed by atoms with Crippen molar-refractivity contribution in [1.82, 2.24) is 14.3 Å². The van der Waals surface area contributed by atoms with E-state index in [0.717, 1.165) is 38.6 Å². The molecule has 0 spiro atoms. The fraction of sp³-hybridized carbons (Fsp3) is 1.00. The lowest BCUT2D eigenvalue weighted by Crippen LogP contribution is -2.57. The first-order valence-electron chi connectivity index (χ1n) is 8.42. The van der Waals surface area contributed by atoms with Gasteiger partial charge in [0.05, 0.1) is 0 Å². The van der Waals surface area contributed by atoms with E-state index in [0.29, 0.717) is 18.5 Å². The van der Waals surface area contributed by atoms with Crippen molar-refractivity contribution in [2.24, 2.45) is 5.92 Å². The Hall–Kier alpha value is -0.170. The lowest BCUT2D eigenvalue weighted by atomic mass is 10.0. The molecule has 1 heterocycles. The van der Waals surface area contributed by atoms with Crippen LogP contribution in [0.25, 0.3) is 0 Å². The number of piperidine rings is 1. The molecule has 2 saturated carbocycles. The van der Waals surface area contributed by atoms with E-state index in [1.807, 2.05) is 13.8 Å². The molecular formula is C15H29N3O2S. The molecule has 5 nitrogen and oxygen atoms in total. The van der Waals surface area contributed by atoms with Crippen LogP contribution in [-0.2, 0) is 10.2 Å². The highest BCUT2D eigenvalue weighted by Gasteiger charge is 2.43. The van der Waals surface area contributed by atoms with Crippen LogP contribution in [0.1, 0.15) is 58.8 Å². The molecule has 3 fully saturated rings. The zero-order valence-corrected chi connectivity index (χ0v) is 14.1. The topological polar surface area (TPSA) is 61.4 Å². The molecule has 0 aromatic carbocycles. The first kappa shape index (κ1) is 15.7. The van der Waals surface area contributed by atoms with Crippen LogP contribution in [0.4, 0.5) is 0 Å². The highest BCUT2D eigenvalue weighted by molar-refractivity contribution is 7.87. The maximum absolute atomic E-state index is 12.8. The fourth-order valence-corrected chi connectivity index (χ4v) is 5.25. The van der Waals surface area contributed by atoms with Crippen LogP contribution in [0.5, 0.6) is 0 Å². The maximum Gasteiger partial charge on any atom is 0.280 e. The summed E-state index contributed by atoms with van der Waals surface area (Å²) in [5.74, 6) is 0.500. The van der Waals surface area contributed by atoms with Gasteiger partial charge in [-0.05, 0) is 58.3 Å². The predicted octanol–water partition coefficient (Wildman–Crippen LogP) is 1.62. The minimum Gasteiger partial charge on any atom is -0.312 e. The SMILES string of the molecule is CC(C)(NS(=O)(=O)N1CCCCC1CNC1CC1)C1CC1.